The topological polar surface area (TPSA) is 114 Å². The van der Waals surface area contributed by atoms with Gasteiger partial charge in [0.1, 0.15) is 16.5 Å². The Morgan fingerprint density at radius 2 is 1.53 bits per heavy atom. The van der Waals surface area contributed by atoms with Crippen LogP contribution in [0.15, 0.2) is 70.7 Å². The Hall–Kier alpha value is -3.38. The minimum atomic E-state index is -4.60. The lowest BCUT2D eigenvalue weighted by molar-refractivity contribution is 0.0981. The molecule has 0 aliphatic heterocycles. The summed E-state index contributed by atoms with van der Waals surface area (Å²) in [6.07, 6.45) is 4.52. The molecule has 0 radical (unpaired) electrons. The minimum Gasteiger partial charge on any atom is -0.378 e. The van der Waals surface area contributed by atoms with E-state index in [1.165, 1.54) is 24.7 Å². The number of carbonyl (C=O) groups excluding carboxylic acids is 1. The third kappa shape index (κ3) is 7.06. The van der Waals surface area contributed by atoms with E-state index in [1.807, 2.05) is 31.1 Å². The van der Waals surface area contributed by atoms with Gasteiger partial charge < -0.3 is 4.90 Å². The molecule has 0 atom stereocenters. The van der Waals surface area contributed by atoms with Crippen molar-refractivity contribution in [2.45, 2.75) is 16.7 Å². The molecule has 0 fully saturated rings. The van der Waals surface area contributed by atoms with Crippen LogP contribution in [0.5, 0.6) is 0 Å². The number of aryl methyl sites for hydroxylation is 1. The summed E-state index contributed by atoms with van der Waals surface area (Å²) in [5, 5.41) is 0. The highest BCUT2D eigenvalue weighted by Gasteiger charge is 2.24. The smallest absolute Gasteiger partial charge is 0.267 e. The fourth-order valence-electron chi connectivity index (χ4n) is 2.71. The molecule has 34 heavy (non-hydrogen) atoms. The summed E-state index contributed by atoms with van der Waals surface area (Å²) in [5.41, 5.74) is 1.33. The van der Waals surface area contributed by atoms with Gasteiger partial charge in [-0.15, -0.1) is 0 Å². The second kappa shape index (κ2) is 10.7. The highest BCUT2D eigenvalue weighted by atomic mass is 32.2. The molecule has 3 rings (SSSR count). The van der Waals surface area contributed by atoms with Gasteiger partial charge in [-0.2, -0.15) is 0 Å². The molecule has 0 spiro atoms. The maximum Gasteiger partial charge on any atom is 0.267 e. The predicted octanol–water partition coefficient (Wildman–Crippen LogP) is 2.94. The van der Waals surface area contributed by atoms with Crippen molar-refractivity contribution in [2.24, 2.45) is 0 Å². The first-order chi connectivity index (χ1) is 15.7. The number of benzene rings is 2. The van der Waals surface area contributed by atoms with E-state index in [9.17, 15) is 30.4 Å². The molecule has 1 amide bonds. The number of halogens is 2. The van der Waals surface area contributed by atoms with Crippen molar-refractivity contribution in [3.8, 4) is 0 Å². The Kier molecular flexibility index (Phi) is 8.46. The Bertz CT molecular complexity index is 1400. The van der Waals surface area contributed by atoms with E-state index in [4.69, 9.17) is 0 Å². The van der Waals surface area contributed by atoms with E-state index < -0.39 is 42.3 Å². The van der Waals surface area contributed by atoms with Crippen LogP contribution >= 0.6 is 0 Å². The van der Waals surface area contributed by atoms with E-state index in [1.54, 1.807) is 17.1 Å². The Labute approximate surface area is 197 Å². The van der Waals surface area contributed by atoms with E-state index in [0.717, 1.165) is 18.4 Å². The Morgan fingerprint density at radius 1 is 0.912 bits per heavy atom. The van der Waals surface area contributed by atoms with Gasteiger partial charge in [0.25, 0.3) is 15.9 Å². The van der Waals surface area contributed by atoms with Gasteiger partial charge in [0.15, 0.2) is 9.84 Å². The normalized spacial score (nSPS) is 11.2. The van der Waals surface area contributed by atoms with Crippen LogP contribution in [0.25, 0.3) is 0 Å². The summed E-state index contributed by atoms with van der Waals surface area (Å²) in [6.45, 7) is 1.52. The summed E-state index contributed by atoms with van der Waals surface area (Å²) < 4.78 is 75.6. The first kappa shape index (κ1) is 26.9. The SMILES string of the molecule is CN(C)c1ccncc1.Cc1ccc(C(=O)NS(=O)(=O)c2ccc(F)cc2F)cc1S(C)(=O)=O. The highest BCUT2D eigenvalue weighted by Crippen LogP contribution is 2.19. The van der Waals surface area contributed by atoms with E-state index in [2.05, 4.69) is 4.98 Å². The van der Waals surface area contributed by atoms with Gasteiger partial charge in [0, 0.05) is 50.1 Å². The lowest BCUT2D eigenvalue weighted by atomic mass is 10.1. The van der Waals surface area contributed by atoms with Gasteiger partial charge in [-0.1, -0.05) is 6.07 Å². The van der Waals surface area contributed by atoms with Crippen molar-refractivity contribution < 1.29 is 30.4 Å². The number of nitrogens with zero attached hydrogens (tertiary/aromatic N) is 2. The summed E-state index contributed by atoms with van der Waals surface area (Å²) in [4.78, 5) is 17.0. The van der Waals surface area contributed by atoms with Crippen LogP contribution in [0.3, 0.4) is 0 Å². The average molecular weight is 512 g/mol. The molecule has 2 aromatic carbocycles. The van der Waals surface area contributed by atoms with Crippen LogP contribution in [0.4, 0.5) is 14.5 Å². The molecule has 0 saturated heterocycles. The number of hydrogen-bond donors (Lipinski definition) is 1. The number of pyridine rings is 1. The molecular weight excluding hydrogens is 488 g/mol. The maximum atomic E-state index is 13.6. The summed E-state index contributed by atoms with van der Waals surface area (Å²) >= 11 is 0. The summed E-state index contributed by atoms with van der Waals surface area (Å²) in [5.74, 6) is -3.48. The van der Waals surface area contributed by atoms with Gasteiger partial charge in [-0.25, -0.2) is 30.3 Å². The monoisotopic (exact) mass is 511 g/mol. The molecule has 0 aliphatic rings. The average Bonchev–Trinajstić information content (AvgIpc) is 2.73. The molecule has 0 aliphatic carbocycles. The molecule has 0 saturated carbocycles. The molecule has 8 nitrogen and oxygen atoms in total. The number of rotatable bonds is 5. The number of nitrogens with one attached hydrogen (secondary N) is 1. The van der Waals surface area contributed by atoms with Crippen molar-refractivity contribution in [1.29, 1.82) is 0 Å². The van der Waals surface area contributed by atoms with Crippen LogP contribution in [0, 0.1) is 18.6 Å². The number of carbonyl (C=O) groups is 1. The third-order valence-electron chi connectivity index (χ3n) is 4.44. The Balaban J connectivity index is 0.000000379. The van der Waals surface area contributed by atoms with Crippen molar-refractivity contribution in [2.75, 3.05) is 25.3 Å². The molecule has 182 valence electrons. The molecule has 1 aromatic heterocycles. The first-order valence-electron chi connectivity index (χ1n) is 9.62. The number of aromatic nitrogens is 1. The molecule has 12 heteroatoms. The van der Waals surface area contributed by atoms with E-state index >= 15 is 0 Å². The fourth-order valence-corrected chi connectivity index (χ4v) is 4.74. The largest absolute Gasteiger partial charge is 0.378 e. The molecule has 3 aromatic rings. The molecular formula is C22H23F2N3O5S2. The standard InChI is InChI=1S/C15H13F2NO5S2.C7H10N2/c1-9-3-4-10(7-14(9)24(2,20)21)15(19)18-25(22,23)13-6-5-11(16)8-12(13)17;1-9(2)7-3-5-8-6-4-7/h3-8H,1-2H3,(H,18,19);3-6H,1-2H3. The van der Waals surface area contributed by atoms with Crippen LogP contribution in [-0.4, -0.2) is 48.1 Å². The van der Waals surface area contributed by atoms with Crippen LogP contribution in [0.2, 0.25) is 0 Å². The number of sulfone groups is 1. The van der Waals surface area contributed by atoms with Crippen molar-refractivity contribution >= 4 is 31.5 Å². The van der Waals surface area contributed by atoms with Crippen LogP contribution in [0.1, 0.15) is 15.9 Å². The molecule has 0 unspecified atom stereocenters. The van der Waals surface area contributed by atoms with Gasteiger partial charge >= 0.3 is 0 Å². The number of anilines is 1. The third-order valence-corrected chi connectivity index (χ3v) is 7.04. The first-order valence-corrected chi connectivity index (χ1v) is 13.0. The van der Waals surface area contributed by atoms with Gasteiger partial charge in [-0.05, 0) is 48.9 Å². The quantitative estimate of drug-likeness (QED) is 0.560. The fraction of sp³-hybridized carbons (Fsp3) is 0.182. The predicted molar refractivity (Wildman–Crippen MR) is 124 cm³/mol. The molecule has 0 bridgehead atoms. The van der Waals surface area contributed by atoms with Crippen molar-refractivity contribution in [1.82, 2.24) is 9.71 Å². The van der Waals surface area contributed by atoms with Crippen molar-refractivity contribution in [3.05, 3.63) is 83.7 Å². The second-order valence-corrected chi connectivity index (χ2v) is 11.0. The zero-order valence-electron chi connectivity index (χ0n) is 18.8. The number of hydrogen-bond acceptors (Lipinski definition) is 7. The molecule has 1 heterocycles. The zero-order chi connectivity index (χ0) is 25.7. The number of amides is 1. The summed E-state index contributed by atoms with van der Waals surface area (Å²) in [7, 11) is -4.21. The zero-order valence-corrected chi connectivity index (χ0v) is 20.4. The highest BCUT2D eigenvalue weighted by molar-refractivity contribution is 7.90. The summed E-state index contributed by atoms with van der Waals surface area (Å²) in [6, 6.07) is 9.32. The second-order valence-electron chi connectivity index (χ2n) is 7.36. The molecule has 1 N–H and O–H groups in total. The van der Waals surface area contributed by atoms with Crippen molar-refractivity contribution in [3.63, 3.8) is 0 Å². The Morgan fingerprint density at radius 3 is 2.03 bits per heavy atom. The van der Waals surface area contributed by atoms with Crippen LogP contribution in [-0.2, 0) is 19.9 Å². The minimum absolute atomic E-state index is 0.134. The van der Waals surface area contributed by atoms with Gasteiger partial charge in [-0.3, -0.25) is 9.78 Å². The van der Waals surface area contributed by atoms with Crippen LogP contribution < -0.4 is 9.62 Å². The van der Waals surface area contributed by atoms with Gasteiger partial charge in [0.05, 0.1) is 4.90 Å². The van der Waals surface area contributed by atoms with E-state index in [-0.39, 0.29) is 10.5 Å². The lowest BCUT2D eigenvalue weighted by Gasteiger charge is -2.10. The lowest BCUT2D eigenvalue weighted by Crippen LogP contribution is -2.31. The maximum absolute atomic E-state index is 13.6. The van der Waals surface area contributed by atoms with Gasteiger partial charge in [0.2, 0.25) is 0 Å². The number of sulfonamides is 1. The van der Waals surface area contributed by atoms with E-state index in [0.29, 0.717) is 17.7 Å².